The summed E-state index contributed by atoms with van der Waals surface area (Å²) in [6, 6.07) is 21.9. The van der Waals surface area contributed by atoms with Crippen LogP contribution in [-0.2, 0) is 13.0 Å². The number of halogens is 1. The standard InChI is InChI=1S/C24H32ClN.C2H3N/c1-2-26(19-21-7-4-3-5-8-21)18-6-9-20-10-12-22(13-11-20)23-14-16-24(25)17-15-23;1-2-3/h3-5,7-8,10-13,23-24H,2,6,9,14-19H2,1H3;1H3. The van der Waals surface area contributed by atoms with Crippen molar-refractivity contribution in [1.82, 2.24) is 4.90 Å². The van der Waals surface area contributed by atoms with Crippen LogP contribution < -0.4 is 0 Å². The molecule has 0 unspecified atom stereocenters. The van der Waals surface area contributed by atoms with Gasteiger partial charge in [-0.05, 0) is 74.2 Å². The zero-order chi connectivity index (χ0) is 20.9. The highest BCUT2D eigenvalue weighted by atomic mass is 35.5. The van der Waals surface area contributed by atoms with Gasteiger partial charge in [0, 0.05) is 18.8 Å². The Kier molecular flexibility index (Phi) is 10.8. The molecule has 2 nitrogen and oxygen atoms in total. The minimum absolute atomic E-state index is 0.405. The zero-order valence-electron chi connectivity index (χ0n) is 18.0. The summed E-state index contributed by atoms with van der Waals surface area (Å²) < 4.78 is 0. The van der Waals surface area contributed by atoms with Gasteiger partial charge in [-0.15, -0.1) is 11.6 Å². The highest BCUT2D eigenvalue weighted by Gasteiger charge is 2.20. The summed E-state index contributed by atoms with van der Waals surface area (Å²) >= 11 is 6.24. The highest BCUT2D eigenvalue weighted by Crippen LogP contribution is 2.34. The molecule has 0 atom stereocenters. The number of aryl methyl sites for hydroxylation is 1. The fourth-order valence-corrected chi connectivity index (χ4v) is 4.29. The van der Waals surface area contributed by atoms with E-state index in [2.05, 4.69) is 66.4 Å². The van der Waals surface area contributed by atoms with Crippen molar-refractivity contribution in [3.8, 4) is 6.07 Å². The summed E-state index contributed by atoms with van der Waals surface area (Å²) in [5.41, 5.74) is 4.39. The first kappa shape index (κ1) is 23.5. The topological polar surface area (TPSA) is 27.0 Å². The fraction of sp³-hybridized carbons (Fsp3) is 0.500. The molecular weight excluding hydrogens is 376 g/mol. The van der Waals surface area contributed by atoms with E-state index in [1.165, 1.54) is 62.1 Å². The molecule has 3 heteroatoms. The number of nitrogens with zero attached hydrogens (tertiary/aromatic N) is 2. The molecule has 0 saturated heterocycles. The minimum Gasteiger partial charge on any atom is -0.299 e. The van der Waals surface area contributed by atoms with Crippen LogP contribution in [0.3, 0.4) is 0 Å². The van der Waals surface area contributed by atoms with Crippen molar-refractivity contribution in [3.05, 3.63) is 71.3 Å². The lowest BCUT2D eigenvalue weighted by atomic mass is 9.83. The van der Waals surface area contributed by atoms with Gasteiger partial charge < -0.3 is 0 Å². The van der Waals surface area contributed by atoms with E-state index in [-0.39, 0.29) is 0 Å². The predicted molar refractivity (Wildman–Crippen MR) is 124 cm³/mol. The second-order valence-electron chi connectivity index (χ2n) is 7.87. The van der Waals surface area contributed by atoms with Crippen molar-refractivity contribution in [2.24, 2.45) is 0 Å². The second-order valence-corrected chi connectivity index (χ2v) is 8.49. The van der Waals surface area contributed by atoms with Gasteiger partial charge in [-0.3, -0.25) is 4.90 Å². The zero-order valence-corrected chi connectivity index (χ0v) is 18.7. The smallest absolute Gasteiger partial charge is 0.0587 e. The molecule has 0 amide bonds. The van der Waals surface area contributed by atoms with Crippen LogP contribution in [0.15, 0.2) is 54.6 Å². The Bertz CT molecular complexity index is 713. The Balaban J connectivity index is 0.000000941. The number of benzene rings is 2. The summed E-state index contributed by atoms with van der Waals surface area (Å²) in [7, 11) is 0. The molecule has 1 fully saturated rings. The SMILES string of the molecule is CC#N.CCN(CCCc1ccc(C2CCC(Cl)CC2)cc1)Cc1ccccc1. The van der Waals surface area contributed by atoms with Gasteiger partial charge >= 0.3 is 0 Å². The summed E-state index contributed by atoms with van der Waals surface area (Å²) in [4.78, 5) is 2.54. The monoisotopic (exact) mass is 410 g/mol. The number of hydrogen-bond acceptors (Lipinski definition) is 2. The molecule has 1 aliphatic rings. The van der Waals surface area contributed by atoms with Crippen molar-refractivity contribution in [3.63, 3.8) is 0 Å². The largest absolute Gasteiger partial charge is 0.299 e. The normalized spacial score (nSPS) is 18.6. The van der Waals surface area contributed by atoms with Crippen LogP contribution in [0.2, 0.25) is 0 Å². The summed E-state index contributed by atoms with van der Waals surface area (Å²) in [5, 5.41) is 7.72. The molecule has 0 N–H and O–H groups in total. The lowest BCUT2D eigenvalue weighted by Crippen LogP contribution is -2.24. The molecule has 0 radical (unpaired) electrons. The molecule has 0 spiro atoms. The maximum Gasteiger partial charge on any atom is 0.0587 e. The van der Waals surface area contributed by atoms with Crippen LogP contribution >= 0.6 is 11.6 Å². The van der Waals surface area contributed by atoms with Crippen molar-refractivity contribution in [1.29, 1.82) is 5.26 Å². The van der Waals surface area contributed by atoms with E-state index < -0.39 is 0 Å². The van der Waals surface area contributed by atoms with Crippen molar-refractivity contribution < 1.29 is 0 Å². The molecule has 3 rings (SSSR count). The first-order chi connectivity index (χ1) is 14.2. The van der Waals surface area contributed by atoms with E-state index in [1.807, 2.05) is 0 Å². The molecule has 1 aliphatic carbocycles. The van der Waals surface area contributed by atoms with Gasteiger partial charge in [0.15, 0.2) is 0 Å². The third kappa shape index (κ3) is 8.60. The maximum atomic E-state index is 7.32. The Morgan fingerprint density at radius 1 is 0.966 bits per heavy atom. The molecule has 2 aromatic carbocycles. The van der Waals surface area contributed by atoms with E-state index in [4.69, 9.17) is 16.9 Å². The number of alkyl halides is 1. The molecule has 156 valence electrons. The Labute approximate surface area is 182 Å². The minimum atomic E-state index is 0.405. The van der Waals surface area contributed by atoms with Crippen molar-refractivity contribution >= 4 is 11.6 Å². The lowest BCUT2D eigenvalue weighted by molar-refractivity contribution is 0.276. The average molecular weight is 411 g/mol. The highest BCUT2D eigenvalue weighted by molar-refractivity contribution is 6.20. The first-order valence-corrected chi connectivity index (χ1v) is 11.4. The van der Waals surface area contributed by atoms with Gasteiger partial charge in [-0.25, -0.2) is 0 Å². The summed E-state index contributed by atoms with van der Waals surface area (Å²) in [5.74, 6) is 0.723. The van der Waals surface area contributed by atoms with Gasteiger partial charge in [0.2, 0.25) is 0 Å². The van der Waals surface area contributed by atoms with Crippen LogP contribution in [0.1, 0.15) is 68.6 Å². The molecule has 2 aromatic rings. The molecule has 0 aromatic heterocycles. The molecule has 0 heterocycles. The average Bonchev–Trinajstić information content (AvgIpc) is 2.75. The van der Waals surface area contributed by atoms with Crippen LogP contribution in [0.5, 0.6) is 0 Å². The van der Waals surface area contributed by atoms with Crippen molar-refractivity contribution in [2.75, 3.05) is 13.1 Å². The lowest BCUT2D eigenvalue weighted by Gasteiger charge is -2.25. The number of nitriles is 1. The van der Waals surface area contributed by atoms with Gasteiger partial charge in [-0.2, -0.15) is 5.26 Å². The van der Waals surface area contributed by atoms with Gasteiger partial charge in [-0.1, -0.05) is 61.5 Å². The molecule has 0 bridgehead atoms. The van der Waals surface area contributed by atoms with E-state index in [0.717, 1.165) is 25.6 Å². The summed E-state index contributed by atoms with van der Waals surface area (Å²) in [6.07, 6.45) is 7.22. The Morgan fingerprint density at radius 3 is 2.17 bits per heavy atom. The Hall–Kier alpha value is -1.82. The van der Waals surface area contributed by atoms with Gasteiger partial charge in [0.1, 0.15) is 0 Å². The number of hydrogen-bond donors (Lipinski definition) is 0. The first-order valence-electron chi connectivity index (χ1n) is 11.0. The van der Waals surface area contributed by atoms with E-state index in [9.17, 15) is 0 Å². The van der Waals surface area contributed by atoms with Crippen LogP contribution in [0, 0.1) is 11.3 Å². The van der Waals surface area contributed by atoms with E-state index in [0.29, 0.717) is 5.38 Å². The molecular formula is C26H35ClN2. The second kappa shape index (κ2) is 13.4. The van der Waals surface area contributed by atoms with E-state index >= 15 is 0 Å². The van der Waals surface area contributed by atoms with Crippen LogP contribution in [0.4, 0.5) is 0 Å². The predicted octanol–water partition coefficient (Wildman–Crippen LogP) is 6.94. The molecule has 1 saturated carbocycles. The Morgan fingerprint density at radius 2 is 1.59 bits per heavy atom. The molecule has 29 heavy (non-hydrogen) atoms. The van der Waals surface area contributed by atoms with Crippen molar-refractivity contribution in [2.45, 2.75) is 70.2 Å². The van der Waals surface area contributed by atoms with Gasteiger partial charge in [0.05, 0.1) is 6.07 Å². The fourth-order valence-electron chi connectivity index (χ4n) is 4.04. The third-order valence-corrected chi connectivity index (χ3v) is 6.18. The van der Waals surface area contributed by atoms with Gasteiger partial charge in [0.25, 0.3) is 0 Å². The van der Waals surface area contributed by atoms with E-state index in [1.54, 1.807) is 6.07 Å². The summed E-state index contributed by atoms with van der Waals surface area (Å²) in [6.45, 7) is 7.01. The quantitative estimate of drug-likeness (QED) is 0.441. The van der Waals surface area contributed by atoms with Crippen LogP contribution in [0.25, 0.3) is 0 Å². The maximum absolute atomic E-state index is 7.32. The van der Waals surface area contributed by atoms with Crippen LogP contribution in [-0.4, -0.2) is 23.4 Å². The molecule has 0 aliphatic heterocycles. The number of rotatable bonds is 8. The third-order valence-electron chi connectivity index (χ3n) is 5.74.